The molecule has 1 heteroatoms. The number of hydrogen-bond acceptors (Lipinski definition) is 1. The third-order valence-electron chi connectivity index (χ3n) is 3.95. The Kier molecular flexibility index (Phi) is 4.90. The van der Waals surface area contributed by atoms with E-state index in [2.05, 4.69) is 103 Å². The van der Waals surface area contributed by atoms with E-state index in [1.165, 1.54) is 22.5 Å². The summed E-state index contributed by atoms with van der Waals surface area (Å²) >= 11 is 0. The third kappa shape index (κ3) is 3.89. The van der Waals surface area contributed by atoms with E-state index in [1.807, 2.05) is 6.07 Å². The minimum absolute atomic E-state index is 0.919. The van der Waals surface area contributed by atoms with E-state index >= 15 is 0 Å². The lowest BCUT2D eigenvalue weighted by Gasteiger charge is -2.23. The van der Waals surface area contributed by atoms with Crippen LogP contribution in [-0.2, 0) is 6.42 Å². The van der Waals surface area contributed by atoms with E-state index in [0.717, 1.165) is 6.42 Å². The average molecular weight is 299 g/mol. The van der Waals surface area contributed by atoms with Crippen molar-refractivity contribution < 1.29 is 0 Å². The maximum Gasteiger partial charge on any atom is 0.0444 e. The van der Waals surface area contributed by atoms with Crippen LogP contribution >= 0.6 is 0 Å². The zero-order chi connectivity index (χ0) is 15.9. The summed E-state index contributed by atoms with van der Waals surface area (Å²) in [6.45, 7) is 0. The Balaban J connectivity index is 1.94. The zero-order valence-corrected chi connectivity index (χ0v) is 13.4. The molecule has 3 rings (SSSR count). The molecule has 0 aliphatic heterocycles. The van der Waals surface area contributed by atoms with Crippen LogP contribution in [-0.4, -0.2) is 7.05 Å². The zero-order valence-electron chi connectivity index (χ0n) is 13.4. The van der Waals surface area contributed by atoms with Gasteiger partial charge in [-0.3, -0.25) is 0 Å². The van der Waals surface area contributed by atoms with Gasteiger partial charge in [-0.25, -0.2) is 0 Å². The predicted molar refractivity (Wildman–Crippen MR) is 99.4 cm³/mol. The highest BCUT2D eigenvalue weighted by Gasteiger charge is 2.09. The monoisotopic (exact) mass is 299 g/mol. The Morgan fingerprint density at radius 2 is 1.26 bits per heavy atom. The van der Waals surface area contributed by atoms with Gasteiger partial charge >= 0.3 is 0 Å². The number of benzene rings is 3. The summed E-state index contributed by atoms with van der Waals surface area (Å²) in [5.41, 5.74) is 4.97. The lowest BCUT2D eigenvalue weighted by Crippen LogP contribution is -2.15. The molecular formula is C22H21N. The van der Waals surface area contributed by atoms with Gasteiger partial charge in [0.1, 0.15) is 0 Å². The Morgan fingerprint density at radius 3 is 1.87 bits per heavy atom. The molecule has 0 fully saturated rings. The van der Waals surface area contributed by atoms with Crippen molar-refractivity contribution in [2.45, 2.75) is 6.42 Å². The lowest BCUT2D eigenvalue weighted by molar-refractivity contribution is 1.18. The summed E-state index contributed by atoms with van der Waals surface area (Å²) in [4.78, 5) is 2.25. The van der Waals surface area contributed by atoms with Gasteiger partial charge in [0.25, 0.3) is 0 Å². The Morgan fingerprint density at radius 1 is 0.739 bits per heavy atom. The van der Waals surface area contributed by atoms with Crippen molar-refractivity contribution in [3.05, 3.63) is 108 Å². The van der Waals surface area contributed by atoms with Gasteiger partial charge in [0.2, 0.25) is 0 Å². The minimum Gasteiger partial charge on any atom is -0.344 e. The van der Waals surface area contributed by atoms with Gasteiger partial charge < -0.3 is 4.90 Å². The smallest absolute Gasteiger partial charge is 0.0444 e. The molecule has 0 aliphatic carbocycles. The van der Waals surface area contributed by atoms with Crippen molar-refractivity contribution in [2.24, 2.45) is 0 Å². The predicted octanol–water partition coefficient (Wildman–Crippen LogP) is 5.41. The highest BCUT2D eigenvalue weighted by Crippen LogP contribution is 2.25. The van der Waals surface area contributed by atoms with Gasteiger partial charge in [-0.15, -0.1) is 0 Å². The molecule has 114 valence electrons. The van der Waals surface area contributed by atoms with E-state index in [9.17, 15) is 0 Å². The molecule has 0 radical (unpaired) electrons. The molecule has 3 aromatic carbocycles. The second kappa shape index (κ2) is 7.46. The molecule has 0 spiro atoms. The molecule has 0 bridgehead atoms. The maximum absolute atomic E-state index is 2.30. The van der Waals surface area contributed by atoms with Gasteiger partial charge in [-0.05, 0) is 29.7 Å². The van der Waals surface area contributed by atoms with Gasteiger partial charge in [-0.1, -0.05) is 84.9 Å². The van der Waals surface area contributed by atoms with E-state index < -0.39 is 0 Å². The summed E-state index contributed by atoms with van der Waals surface area (Å²) in [6.07, 6.45) is 3.22. The number of para-hydroxylation sites is 1. The quantitative estimate of drug-likeness (QED) is 0.609. The first-order chi connectivity index (χ1) is 11.3. The van der Waals surface area contributed by atoms with Crippen molar-refractivity contribution in [1.29, 1.82) is 0 Å². The minimum atomic E-state index is 0.919. The second-order valence-corrected chi connectivity index (χ2v) is 5.54. The van der Waals surface area contributed by atoms with Crippen LogP contribution in [0, 0.1) is 0 Å². The summed E-state index contributed by atoms with van der Waals surface area (Å²) in [6, 6.07) is 31.6. The molecule has 0 heterocycles. The topological polar surface area (TPSA) is 3.24 Å². The molecule has 0 N–H and O–H groups in total. The van der Waals surface area contributed by atoms with Crippen molar-refractivity contribution in [3.8, 4) is 0 Å². The van der Waals surface area contributed by atoms with Crippen LogP contribution in [0.2, 0.25) is 0 Å². The Bertz CT molecular complexity index is 746. The fourth-order valence-corrected chi connectivity index (χ4v) is 2.68. The van der Waals surface area contributed by atoms with Gasteiger partial charge in [0.05, 0.1) is 0 Å². The molecule has 0 amide bonds. The maximum atomic E-state index is 2.30. The molecule has 0 saturated heterocycles. The Hall–Kier alpha value is -2.80. The van der Waals surface area contributed by atoms with Crippen molar-refractivity contribution in [3.63, 3.8) is 0 Å². The summed E-state index contributed by atoms with van der Waals surface area (Å²) in [5.74, 6) is 0. The van der Waals surface area contributed by atoms with Crippen molar-refractivity contribution in [1.82, 2.24) is 0 Å². The first kappa shape index (κ1) is 15.1. The van der Waals surface area contributed by atoms with Crippen LogP contribution in [0.3, 0.4) is 0 Å². The molecule has 0 aromatic heterocycles. The highest BCUT2D eigenvalue weighted by atomic mass is 15.1. The fourth-order valence-electron chi connectivity index (χ4n) is 2.68. The highest BCUT2D eigenvalue weighted by molar-refractivity contribution is 5.78. The van der Waals surface area contributed by atoms with Gasteiger partial charge in [-0.2, -0.15) is 0 Å². The average Bonchev–Trinajstić information content (AvgIpc) is 2.64. The van der Waals surface area contributed by atoms with Crippen LogP contribution in [0.1, 0.15) is 11.1 Å². The van der Waals surface area contributed by atoms with E-state index in [4.69, 9.17) is 0 Å². The van der Waals surface area contributed by atoms with E-state index in [0.29, 0.717) is 0 Å². The number of hydrogen-bond donors (Lipinski definition) is 0. The summed E-state index contributed by atoms with van der Waals surface area (Å²) in [5, 5.41) is 0. The standard InChI is InChI=1S/C22H21N/c1-23(21-15-9-4-10-16-21)22(20-13-7-3-8-14-20)18-17-19-11-5-2-6-12-19/h2-16,18H,17H2,1H3/b22-18-. The van der Waals surface area contributed by atoms with Crippen LogP contribution in [0.25, 0.3) is 5.70 Å². The molecule has 1 nitrogen and oxygen atoms in total. The van der Waals surface area contributed by atoms with Crippen LogP contribution in [0.5, 0.6) is 0 Å². The van der Waals surface area contributed by atoms with E-state index in [1.54, 1.807) is 0 Å². The van der Waals surface area contributed by atoms with Gasteiger partial charge in [0.15, 0.2) is 0 Å². The van der Waals surface area contributed by atoms with Crippen molar-refractivity contribution >= 4 is 11.4 Å². The van der Waals surface area contributed by atoms with Crippen LogP contribution in [0.15, 0.2) is 97.1 Å². The lowest BCUT2D eigenvalue weighted by atomic mass is 10.1. The number of rotatable bonds is 5. The molecule has 0 saturated carbocycles. The normalized spacial score (nSPS) is 11.3. The first-order valence-corrected chi connectivity index (χ1v) is 7.93. The number of allylic oxidation sites excluding steroid dienone is 1. The number of anilines is 1. The summed E-state index contributed by atoms with van der Waals surface area (Å²) < 4.78 is 0. The largest absolute Gasteiger partial charge is 0.344 e. The molecule has 0 aliphatic rings. The number of nitrogens with zero attached hydrogens (tertiary/aromatic N) is 1. The fraction of sp³-hybridized carbons (Fsp3) is 0.0909. The molecule has 0 unspecified atom stereocenters. The first-order valence-electron chi connectivity index (χ1n) is 7.93. The summed E-state index contributed by atoms with van der Waals surface area (Å²) in [7, 11) is 2.12. The third-order valence-corrected chi connectivity index (χ3v) is 3.95. The Labute approximate surface area is 138 Å². The van der Waals surface area contributed by atoms with E-state index in [-0.39, 0.29) is 0 Å². The SMILES string of the molecule is CN(/C(=C\Cc1ccccc1)c1ccccc1)c1ccccc1. The molecule has 0 atom stereocenters. The molecular weight excluding hydrogens is 278 g/mol. The van der Waals surface area contributed by atoms with Crippen LogP contribution < -0.4 is 4.90 Å². The van der Waals surface area contributed by atoms with Crippen LogP contribution in [0.4, 0.5) is 5.69 Å². The van der Waals surface area contributed by atoms with Gasteiger partial charge in [0, 0.05) is 18.4 Å². The van der Waals surface area contributed by atoms with Crippen molar-refractivity contribution in [2.75, 3.05) is 11.9 Å². The molecule has 23 heavy (non-hydrogen) atoms. The second-order valence-electron chi connectivity index (χ2n) is 5.54. The molecule has 3 aromatic rings.